The van der Waals surface area contributed by atoms with Crippen molar-refractivity contribution < 1.29 is 15.0 Å². The zero-order chi connectivity index (χ0) is 8.97. The Kier molecular flexibility index (Phi) is 2.82. The summed E-state index contributed by atoms with van der Waals surface area (Å²) in [5, 5.41) is 19.1. The van der Waals surface area contributed by atoms with Gasteiger partial charge in [-0.2, -0.15) is 0 Å². The van der Waals surface area contributed by atoms with Crippen molar-refractivity contribution in [2.24, 2.45) is 0 Å². The highest BCUT2D eigenvalue weighted by atomic mass is 16.4. The van der Waals surface area contributed by atoms with E-state index >= 15 is 0 Å². The van der Waals surface area contributed by atoms with E-state index < -0.39 is 12.1 Å². The summed E-state index contributed by atoms with van der Waals surface area (Å²) in [7, 11) is 0. The van der Waals surface area contributed by atoms with E-state index in [0.29, 0.717) is 0 Å². The molecular weight excluding hydrogens is 156 g/mol. The molecule has 0 saturated carbocycles. The monoisotopic (exact) mass is 165 g/mol. The van der Waals surface area contributed by atoms with E-state index in [4.69, 9.17) is 5.11 Å². The van der Waals surface area contributed by atoms with Gasteiger partial charge in [0.1, 0.15) is 0 Å². The van der Waals surface area contributed by atoms with Gasteiger partial charge in [-0.3, -0.25) is 0 Å². The van der Waals surface area contributed by atoms with Gasteiger partial charge in [0, 0.05) is 6.42 Å². The minimum atomic E-state index is -1.55. The Hall–Kier alpha value is -1.35. The Morgan fingerprint density at radius 2 is 1.92 bits per heavy atom. The second-order valence-electron chi connectivity index (χ2n) is 2.52. The molecule has 12 heavy (non-hydrogen) atoms. The maximum Gasteiger partial charge on any atom is 0.336 e. The quantitative estimate of drug-likeness (QED) is 0.729. The maximum atomic E-state index is 10.8. The minimum Gasteiger partial charge on any atom is -0.479 e. The van der Waals surface area contributed by atoms with Crippen molar-refractivity contribution in [1.82, 2.24) is 0 Å². The van der Waals surface area contributed by atoms with Gasteiger partial charge in [-0.25, -0.2) is 9.90 Å². The maximum absolute atomic E-state index is 10.8. The zero-order valence-electron chi connectivity index (χ0n) is 6.43. The largest absolute Gasteiger partial charge is 0.479 e. The first kappa shape index (κ1) is 8.74. The van der Waals surface area contributed by atoms with E-state index in [9.17, 15) is 9.90 Å². The standard InChI is InChI=1S/C9H9O3/c10-8(9(11)12)6-7-4-2-1-3-5-7/h1-5,8H,6H2,(H,11,12). The first-order valence-corrected chi connectivity index (χ1v) is 3.62. The van der Waals surface area contributed by atoms with Crippen LogP contribution in [0.1, 0.15) is 5.56 Å². The summed E-state index contributed by atoms with van der Waals surface area (Å²) in [6.45, 7) is 0. The molecule has 0 saturated heterocycles. The van der Waals surface area contributed by atoms with Gasteiger partial charge in [0.2, 0.25) is 0 Å². The smallest absolute Gasteiger partial charge is 0.336 e. The first-order chi connectivity index (χ1) is 5.70. The SMILES string of the molecule is [O]C(Cc1ccccc1)C(=O)O. The molecule has 0 aliphatic rings. The van der Waals surface area contributed by atoms with Crippen molar-refractivity contribution in [3.63, 3.8) is 0 Å². The van der Waals surface area contributed by atoms with Crippen LogP contribution in [0, 0.1) is 0 Å². The van der Waals surface area contributed by atoms with Gasteiger partial charge >= 0.3 is 5.97 Å². The second kappa shape index (κ2) is 3.88. The number of rotatable bonds is 3. The average Bonchev–Trinajstić information content (AvgIpc) is 2.06. The number of carbonyl (C=O) groups is 1. The van der Waals surface area contributed by atoms with Crippen LogP contribution >= 0.6 is 0 Å². The molecule has 0 aromatic heterocycles. The predicted molar refractivity (Wildman–Crippen MR) is 42.3 cm³/mol. The summed E-state index contributed by atoms with van der Waals surface area (Å²) in [4.78, 5) is 10.2. The van der Waals surface area contributed by atoms with Crippen LogP contribution in [0.5, 0.6) is 0 Å². The highest BCUT2D eigenvalue weighted by molar-refractivity contribution is 5.72. The van der Waals surface area contributed by atoms with Gasteiger partial charge in [0.25, 0.3) is 0 Å². The summed E-state index contributed by atoms with van der Waals surface area (Å²) in [5.41, 5.74) is 0.764. The molecule has 0 fully saturated rings. The van der Waals surface area contributed by atoms with Gasteiger partial charge in [0.15, 0.2) is 6.10 Å². The Morgan fingerprint density at radius 1 is 1.33 bits per heavy atom. The van der Waals surface area contributed by atoms with Crippen LogP contribution in [0.2, 0.25) is 0 Å². The van der Waals surface area contributed by atoms with Crippen molar-refractivity contribution in [3.05, 3.63) is 35.9 Å². The van der Waals surface area contributed by atoms with Crippen LogP contribution in [-0.4, -0.2) is 17.2 Å². The first-order valence-electron chi connectivity index (χ1n) is 3.62. The minimum absolute atomic E-state index is 0.0518. The second-order valence-corrected chi connectivity index (χ2v) is 2.52. The molecule has 3 heteroatoms. The molecule has 0 heterocycles. The normalized spacial score (nSPS) is 12.4. The van der Waals surface area contributed by atoms with Gasteiger partial charge < -0.3 is 5.11 Å². The van der Waals surface area contributed by atoms with E-state index in [2.05, 4.69) is 0 Å². The molecular formula is C9H9O3. The molecule has 3 nitrogen and oxygen atoms in total. The molecule has 1 aromatic carbocycles. The van der Waals surface area contributed by atoms with E-state index in [1.54, 1.807) is 24.3 Å². The van der Waals surface area contributed by atoms with Crippen LogP contribution in [0.15, 0.2) is 30.3 Å². The third-order valence-corrected chi connectivity index (χ3v) is 1.54. The highest BCUT2D eigenvalue weighted by Gasteiger charge is 2.14. The Morgan fingerprint density at radius 3 is 2.42 bits per heavy atom. The third-order valence-electron chi connectivity index (χ3n) is 1.54. The summed E-state index contributed by atoms with van der Waals surface area (Å²) in [6.07, 6.45) is -1.50. The van der Waals surface area contributed by atoms with Crippen molar-refractivity contribution in [2.45, 2.75) is 12.5 Å². The summed E-state index contributed by atoms with van der Waals surface area (Å²) >= 11 is 0. The lowest BCUT2D eigenvalue weighted by Gasteiger charge is -2.01. The zero-order valence-corrected chi connectivity index (χ0v) is 6.43. The van der Waals surface area contributed by atoms with Crippen molar-refractivity contribution >= 4 is 5.97 Å². The molecule has 1 atom stereocenters. The Bertz CT molecular complexity index is 256. The summed E-state index contributed by atoms with van der Waals surface area (Å²) in [6, 6.07) is 8.87. The average molecular weight is 165 g/mol. The van der Waals surface area contributed by atoms with Crippen molar-refractivity contribution in [2.75, 3.05) is 0 Å². The lowest BCUT2D eigenvalue weighted by molar-refractivity contribution is -0.150. The van der Waals surface area contributed by atoms with Crippen molar-refractivity contribution in [1.29, 1.82) is 0 Å². The molecule has 1 unspecified atom stereocenters. The Labute approximate surface area is 70.3 Å². The van der Waals surface area contributed by atoms with Crippen LogP contribution in [0.3, 0.4) is 0 Å². The Balaban J connectivity index is 2.58. The van der Waals surface area contributed by atoms with E-state index in [-0.39, 0.29) is 6.42 Å². The fourth-order valence-electron chi connectivity index (χ4n) is 0.915. The van der Waals surface area contributed by atoms with E-state index in [1.165, 1.54) is 0 Å². The molecule has 0 spiro atoms. The number of aliphatic carboxylic acids is 1. The molecule has 0 aliphatic heterocycles. The molecule has 1 N–H and O–H groups in total. The van der Waals surface area contributed by atoms with Gasteiger partial charge in [-0.05, 0) is 5.56 Å². The number of hydrogen-bond acceptors (Lipinski definition) is 1. The molecule has 0 amide bonds. The van der Waals surface area contributed by atoms with Crippen LogP contribution in [0.4, 0.5) is 0 Å². The fraction of sp³-hybridized carbons (Fsp3) is 0.222. The van der Waals surface area contributed by atoms with Crippen LogP contribution in [-0.2, 0) is 16.3 Å². The number of carboxylic acids is 1. The fourth-order valence-corrected chi connectivity index (χ4v) is 0.915. The topological polar surface area (TPSA) is 57.2 Å². The highest BCUT2D eigenvalue weighted by Crippen LogP contribution is 2.02. The van der Waals surface area contributed by atoms with Crippen molar-refractivity contribution in [3.8, 4) is 0 Å². The van der Waals surface area contributed by atoms with Gasteiger partial charge in [-0.1, -0.05) is 30.3 Å². The van der Waals surface area contributed by atoms with E-state index in [1.807, 2.05) is 6.07 Å². The molecule has 1 rings (SSSR count). The van der Waals surface area contributed by atoms with Gasteiger partial charge in [-0.15, -0.1) is 0 Å². The molecule has 63 valence electrons. The molecule has 0 aliphatic carbocycles. The third kappa shape index (κ3) is 2.36. The van der Waals surface area contributed by atoms with E-state index in [0.717, 1.165) is 5.56 Å². The van der Waals surface area contributed by atoms with Crippen LogP contribution in [0.25, 0.3) is 0 Å². The summed E-state index contributed by atoms with van der Waals surface area (Å²) in [5.74, 6) is -1.29. The molecule has 0 bridgehead atoms. The van der Waals surface area contributed by atoms with Gasteiger partial charge in [0.05, 0.1) is 0 Å². The lowest BCUT2D eigenvalue weighted by atomic mass is 10.1. The lowest BCUT2D eigenvalue weighted by Crippen LogP contribution is -2.20. The molecule has 1 aromatic rings. The number of carboxylic acid groups (broad SMARTS) is 1. The molecule has 1 radical (unpaired) electrons. The summed E-state index contributed by atoms with van der Waals surface area (Å²) < 4.78 is 0. The van der Waals surface area contributed by atoms with Crippen LogP contribution < -0.4 is 0 Å². The number of benzene rings is 1. The number of hydrogen-bond donors (Lipinski definition) is 1. The predicted octanol–water partition coefficient (Wildman–Crippen LogP) is 1.11.